The minimum absolute atomic E-state index is 0.00886. The molecule has 2 fully saturated rings. The van der Waals surface area contributed by atoms with E-state index in [9.17, 15) is 15.2 Å². The Kier molecular flexibility index (Phi) is 10.6. The van der Waals surface area contributed by atoms with Crippen molar-refractivity contribution in [2.45, 2.75) is 107 Å². The molecule has 1 spiro atoms. The summed E-state index contributed by atoms with van der Waals surface area (Å²) in [5.41, 5.74) is 4.30. The number of hydrogen-bond acceptors (Lipinski definition) is 16. The second-order valence-corrected chi connectivity index (χ2v) is 19.0. The summed E-state index contributed by atoms with van der Waals surface area (Å²) in [4.78, 5) is 32.4. The fourth-order valence-corrected chi connectivity index (χ4v) is 12.4. The lowest BCUT2D eigenvalue weighted by molar-refractivity contribution is -0.157. The number of phenolic OH excluding ortho intramolecular Hbond substituents is 1. The number of aryl methyl sites for hydroxylation is 1. The van der Waals surface area contributed by atoms with E-state index in [1.165, 1.54) is 7.11 Å². The largest absolute Gasteiger partial charge is 0.514 e. The van der Waals surface area contributed by atoms with Gasteiger partial charge < -0.3 is 43.0 Å². The molecule has 7 aliphatic rings. The second kappa shape index (κ2) is 15.6. The number of thioether (sulfide) groups is 1. The highest BCUT2D eigenvalue weighted by molar-refractivity contribution is 7.99. The Labute approximate surface area is 365 Å². The number of nitrogens with one attached hydrogen (secondary N) is 1. The van der Waals surface area contributed by atoms with Gasteiger partial charge >= 0.3 is 12.1 Å². The predicted octanol–water partition coefficient (Wildman–Crippen LogP) is 6.46. The third-order valence-electron chi connectivity index (χ3n) is 13.2. The van der Waals surface area contributed by atoms with Crippen LogP contribution in [0.4, 0.5) is 4.79 Å². The Morgan fingerprint density at radius 3 is 2.53 bits per heavy atom. The van der Waals surface area contributed by atoms with Gasteiger partial charge in [-0.1, -0.05) is 13.0 Å². The number of aromatic hydroxyl groups is 1. The van der Waals surface area contributed by atoms with Crippen molar-refractivity contribution in [2.75, 3.05) is 53.6 Å². The maximum absolute atomic E-state index is 15.1. The lowest BCUT2D eigenvalue weighted by Gasteiger charge is -2.62. The van der Waals surface area contributed by atoms with Crippen molar-refractivity contribution in [2.24, 2.45) is 0 Å². The summed E-state index contributed by atoms with van der Waals surface area (Å²) in [6.45, 7) is 12.0. The number of nitriles is 1. The van der Waals surface area contributed by atoms with Gasteiger partial charge in [0, 0.05) is 46.6 Å². The van der Waals surface area contributed by atoms with Gasteiger partial charge in [0.25, 0.3) is 0 Å². The van der Waals surface area contributed by atoms with Crippen molar-refractivity contribution in [3.63, 3.8) is 0 Å². The molecule has 7 aliphatic heterocycles. The van der Waals surface area contributed by atoms with E-state index in [0.717, 1.165) is 45.4 Å². The average Bonchev–Trinajstić information content (AvgIpc) is 3.72. The number of nitrogens with zero attached hydrogens (tertiary/aromatic N) is 3. The zero-order valence-electron chi connectivity index (χ0n) is 36.6. The summed E-state index contributed by atoms with van der Waals surface area (Å²) in [6.07, 6.45) is 0.929. The van der Waals surface area contributed by atoms with Crippen LogP contribution in [-0.2, 0) is 32.6 Å². The Hall–Kier alpha value is -5.08. The van der Waals surface area contributed by atoms with Crippen molar-refractivity contribution in [1.29, 1.82) is 5.26 Å². The molecule has 16 heteroatoms. The van der Waals surface area contributed by atoms with Gasteiger partial charge in [0.1, 0.15) is 24.0 Å². The first-order valence-corrected chi connectivity index (χ1v) is 22.3. The number of esters is 1. The number of fused-ring (bicyclic) bond motifs is 9. The molecule has 10 rings (SSSR count). The minimum Gasteiger partial charge on any atom is -0.504 e. The van der Waals surface area contributed by atoms with Crippen molar-refractivity contribution in [3.05, 3.63) is 62.7 Å². The summed E-state index contributed by atoms with van der Waals surface area (Å²) < 4.78 is 48.6. The second-order valence-electron chi connectivity index (χ2n) is 17.9. The summed E-state index contributed by atoms with van der Waals surface area (Å²) in [5, 5.41) is 26.6. The van der Waals surface area contributed by atoms with Crippen molar-refractivity contribution in [1.82, 2.24) is 15.1 Å². The fraction of sp³-hybridized carbons (Fsp3) is 0.543. The molecular formula is C46H54N4O11S. The van der Waals surface area contributed by atoms with E-state index < -0.39 is 52.7 Å². The number of piperazine rings is 1. The highest BCUT2D eigenvalue weighted by Gasteiger charge is 2.62. The Balaban J connectivity index is 1.26. The van der Waals surface area contributed by atoms with Gasteiger partial charge in [0.2, 0.25) is 6.79 Å². The van der Waals surface area contributed by atoms with Crippen LogP contribution in [0, 0.1) is 25.2 Å². The van der Waals surface area contributed by atoms with Crippen LogP contribution in [-0.4, -0.2) is 104 Å². The van der Waals surface area contributed by atoms with Gasteiger partial charge in [-0.15, -0.1) is 11.8 Å². The molecule has 15 nitrogen and oxygen atoms in total. The van der Waals surface area contributed by atoms with Gasteiger partial charge in [-0.3, -0.25) is 15.1 Å². The van der Waals surface area contributed by atoms with E-state index >= 15 is 4.79 Å². The fourth-order valence-electron chi connectivity index (χ4n) is 10.7. The molecule has 330 valence electrons. The third-order valence-corrected chi connectivity index (χ3v) is 14.7. The van der Waals surface area contributed by atoms with Gasteiger partial charge in [0.05, 0.1) is 44.2 Å². The summed E-state index contributed by atoms with van der Waals surface area (Å²) in [7, 11) is 5.08. The predicted molar refractivity (Wildman–Crippen MR) is 228 cm³/mol. The van der Waals surface area contributed by atoms with Gasteiger partial charge in [-0.25, -0.2) is 9.59 Å². The molecule has 62 heavy (non-hydrogen) atoms. The summed E-state index contributed by atoms with van der Waals surface area (Å²) >= 11 is 1.57. The van der Waals surface area contributed by atoms with Gasteiger partial charge in [-0.2, -0.15) is 5.26 Å². The number of carbonyl (C=O) groups is 2. The lowest BCUT2D eigenvalue weighted by atomic mass is 9.71. The summed E-state index contributed by atoms with van der Waals surface area (Å²) in [6, 6.07) is 5.81. The molecule has 0 saturated carbocycles. The molecule has 4 bridgehead atoms. The number of phenols is 1. The van der Waals surface area contributed by atoms with Crippen LogP contribution in [0.1, 0.15) is 96.0 Å². The molecular weight excluding hydrogens is 817 g/mol. The zero-order chi connectivity index (χ0) is 44.0. The minimum atomic E-state index is -1.38. The molecule has 0 aliphatic carbocycles. The zero-order valence-corrected chi connectivity index (χ0v) is 37.4. The molecule has 7 atom stereocenters. The van der Waals surface area contributed by atoms with Crippen LogP contribution in [0.15, 0.2) is 18.2 Å². The van der Waals surface area contributed by atoms with Crippen molar-refractivity contribution >= 4 is 23.9 Å². The molecule has 0 aromatic heterocycles. The summed E-state index contributed by atoms with van der Waals surface area (Å²) in [5.74, 6) is 2.42. The molecule has 3 aromatic rings. The molecule has 7 heterocycles. The van der Waals surface area contributed by atoms with E-state index in [1.807, 2.05) is 20.9 Å². The Bertz CT molecular complexity index is 2400. The van der Waals surface area contributed by atoms with Crippen LogP contribution in [0.2, 0.25) is 0 Å². The number of hydrogen-bond donors (Lipinski definition) is 2. The van der Waals surface area contributed by atoms with Gasteiger partial charge in [-0.05, 0) is 95.3 Å². The highest BCUT2D eigenvalue weighted by atomic mass is 32.2. The average molecular weight is 871 g/mol. The van der Waals surface area contributed by atoms with Crippen LogP contribution < -0.4 is 33.7 Å². The monoisotopic (exact) mass is 870 g/mol. The van der Waals surface area contributed by atoms with Crippen molar-refractivity contribution < 1.29 is 52.6 Å². The van der Waals surface area contributed by atoms with Crippen LogP contribution in [0.5, 0.6) is 40.2 Å². The molecule has 0 amide bonds. The topological polar surface area (TPSA) is 171 Å². The van der Waals surface area contributed by atoms with E-state index in [1.54, 1.807) is 51.8 Å². The van der Waals surface area contributed by atoms with Crippen molar-refractivity contribution in [3.8, 4) is 46.3 Å². The molecule has 2 N–H and O–H groups in total. The smallest absolute Gasteiger partial charge is 0.504 e. The number of likely N-dealkylation sites (N-methyl/N-ethyl adjacent to an activating group) is 1. The maximum Gasteiger partial charge on any atom is 0.514 e. The van der Waals surface area contributed by atoms with E-state index in [0.29, 0.717) is 54.6 Å². The number of ether oxygens (including phenoxy) is 8. The van der Waals surface area contributed by atoms with Crippen LogP contribution >= 0.6 is 11.8 Å². The van der Waals surface area contributed by atoms with E-state index in [4.69, 9.17) is 37.9 Å². The maximum atomic E-state index is 15.1. The first-order valence-electron chi connectivity index (χ1n) is 21.2. The first-order chi connectivity index (χ1) is 29.7. The van der Waals surface area contributed by atoms with Crippen LogP contribution in [0.25, 0.3) is 0 Å². The number of methoxy groups -OCH3 is 2. The standard InChI is InChI=1S/C46H54N4O11S/c1-10-13-56-39-23(3)40-41(59-21-58-40)33-29-19-57-43(52)46(26-17-30(54-8)31(16-24(26)11-12-48-46)60-44(53)61-45(4,5)6)20-62-42(34(33)39)36-35-32-25(14-22(2)38(55-9)37(32)51)15-27(49(35)7)28(18-47)50(29)36/h14,16-17,27-29,35-36,42,48,51H,10-13,15,19-21H2,1-9H3/t27-,28-,29-,35-,36?,42+,46+/m0/s1. The molecule has 0 radical (unpaired) electrons. The number of rotatable bonds is 6. The van der Waals surface area contributed by atoms with E-state index in [2.05, 4.69) is 34.2 Å². The lowest BCUT2D eigenvalue weighted by Crippen LogP contribution is -2.69. The Morgan fingerprint density at radius 1 is 1.05 bits per heavy atom. The molecule has 2 saturated heterocycles. The van der Waals surface area contributed by atoms with Gasteiger partial charge in [0.15, 0.2) is 40.0 Å². The van der Waals surface area contributed by atoms with Crippen LogP contribution in [0.3, 0.4) is 0 Å². The normalized spacial score (nSPS) is 27.2. The first kappa shape index (κ1) is 42.2. The number of carbonyl (C=O) groups excluding carboxylic acids is 2. The SMILES string of the molecule is CCCOc1c(C)c2c(c3c1[C@H]1SC[C@]4(NCCc5cc(OC(=O)OC(C)(C)C)c(OC)cc54)C(=O)OC[C@@H]3N3C1[C@@H]1c4c(cc(C)c(OC)c4O)C[C@@H]([C@@H]3C#N)N1C)OCO2. The third kappa shape index (κ3) is 6.40. The van der Waals surface area contributed by atoms with E-state index in [-0.39, 0.29) is 42.4 Å². The molecule has 3 aromatic carbocycles. The molecule has 1 unspecified atom stereocenters. The highest BCUT2D eigenvalue weighted by Crippen LogP contribution is 2.64. The number of benzene rings is 3. The Morgan fingerprint density at radius 2 is 1.82 bits per heavy atom. The quantitative estimate of drug-likeness (QED) is 0.204.